The van der Waals surface area contributed by atoms with Crippen molar-refractivity contribution in [3.63, 3.8) is 0 Å². The lowest BCUT2D eigenvalue weighted by Crippen LogP contribution is -2.42. The molecule has 0 aromatic carbocycles. The van der Waals surface area contributed by atoms with Gasteiger partial charge >= 0.3 is 6.09 Å². The first kappa shape index (κ1) is 30.0. The summed E-state index contributed by atoms with van der Waals surface area (Å²) >= 11 is 6.33. The number of rotatable bonds is 7. The lowest BCUT2D eigenvalue weighted by atomic mass is 9.94. The number of morpholine rings is 1. The highest BCUT2D eigenvalue weighted by Gasteiger charge is 2.27. The Hall–Kier alpha value is -3.44. The molecule has 5 heterocycles. The Morgan fingerprint density at radius 3 is 2.52 bits per heavy atom. The van der Waals surface area contributed by atoms with Gasteiger partial charge in [-0.25, -0.2) is 14.8 Å². The summed E-state index contributed by atoms with van der Waals surface area (Å²) in [5, 5.41) is 0.897. The second-order valence-corrected chi connectivity index (χ2v) is 12.2. The Bertz CT molecular complexity index is 1420. The van der Waals surface area contributed by atoms with Gasteiger partial charge in [-0.1, -0.05) is 0 Å². The number of fused-ring (bicyclic) bond motifs is 1. The van der Waals surface area contributed by atoms with Crippen LogP contribution < -0.4 is 4.74 Å². The quantitative estimate of drug-likeness (QED) is 0.359. The van der Waals surface area contributed by atoms with E-state index in [0.717, 1.165) is 35.8 Å². The highest BCUT2D eigenvalue weighted by molar-refractivity contribution is 6.28. The van der Waals surface area contributed by atoms with Crippen molar-refractivity contribution in [2.45, 2.75) is 59.1 Å². The smallest absolute Gasteiger partial charge is 0.410 e. The molecule has 3 aromatic rings. The number of hydrogen-bond donors (Lipinski definition) is 0. The number of carbonyl (C=O) groups is 2. The monoisotopic (exact) mass is 598 g/mol. The molecular formula is C30H39ClN6O5. The van der Waals surface area contributed by atoms with Gasteiger partial charge in [0.05, 0.1) is 25.5 Å². The first-order valence-corrected chi connectivity index (χ1v) is 14.9. The van der Waals surface area contributed by atoms with Crippen LogP contribution in [0.1, 0.15) is 45.6 Å². The summed E-state index contributed by atoms with van der Waals surface area (Å²) in [5.41, 5.74) is 2.45. The van der Waals surface area contributed by atoms with Crippen molar-refractivity contribution in [2.24, 2.45) is 5.92 Å². The van der Waals surface area contributed by atoms with Gasteiger partial charge < -0.3 is 28.6 Å². The number of halogens is 1. The summed E-state index contributed by atoms with van der Waals surface area (Å²) < 4.78 is 18.7. The van der Waals surface area contributed by atoms with Crippen LogP contribution >= 0.6 is 11.6 Å². The molecule has 0 atom stereocenters. The maximum Gasteiger partial charge on any atom is 0.410 e. The number of nitrogens with zero attached hydrogens (tertiary/aromatic N) is 6. The van der Waals surface area contributed by atoms with Gasteiger partial charge in [0.15, 0.2) is 0 Å². The third kappa shape index (κ3) is 7.30. The van der Waals surface area contributed by atoms with E-state index in [-0.39, 0.29) is 23.8 Å². The number of ether oxygens (including phenoxy) is 3. The van der Waals surface area contributed by atoms with E-state index >= 15 is 0 Å². The largest absolute Gasteiger partial charge is 0.477 e. The normalized spacial score (nSPS) is 16.6. The van der Waals surface area contributed by atoms with Crippen LogP contribution in [0.15, 0.2) is 24.5 Å². The topological polar surface area (TPSA) is 112 Å². The number of aryl methyl sites for hydroxylation is 1. The predicted molar refractivity (Wildman–Crippen MR) is 159 cm³/mol. The fraction of sp³-hybridized carbons (Fsp3) is 0.567. The molecule has 0 unspecified atom stereocenters. The van der Waals surface area contributed by atoms with Gasteiger partial charge in [0, 0.05) is 55.1 Å². The first-order valence-electron chi connectivity index (χ1n) is 14.5. The van der Waals surface area contributed by atoms with E-state index in [2.05, 4.69) is 15.0 Å². The molecule has 12 heteroatoms. The van der Waals surface area contributed by atoms with Crippen LogP contribution in [0.3, 0.4) is 0 Å². The third-order valence-corrected chi connectivity index (χ3v) is 7.76. The maximum atomic E-state index is 12.8. The molecule has 3 aromatic heterocycles. The van der Waals surface area contributed by atoms with Gasteiger partial charge in [0.25, 0.3) is 0 Å². The molecule has 2 amide bonds. The molecule has 2 saturated heterocycles. The number of amides is 2. The van der Waals surface area contributed by atoms with Gasteiger partial charge in [-0.05, 0) is 76.6 Å². The average Bonchev–Trinajstić information content (AvgIpc) is 3.35. The zero-order chi connectivity index (χ0) is 29.9. The highest BCUT2D eigenvalue weighted by atomic mass is 35.5. The molecule has 2 fully saturated rings. The number of piperidine rings is 1. The van der Waals surface area contributed by atoms with Crippen LogP contribution in [0.4, 0.5) is 4.79 Å². The molecule has 0 bridgehead atoms. The van der Waals surface area contributed by atoms with E-state index in [1.54, 1.807) is 20.6 Å². The zero-order valence-electron chi connectivity index (χ0n) is 24.8. The Balaban J connectivity index is 1.19. The minimum atomic E-state index is -0.484. The van der Waals surface area contributed by atoms with Crippen molar-refractivity contribution >= 4 is 34.6 Å². The summed E-state index contributed by atoms with van der Waals surface area (Å²) in [6.45, 7) is 12.0. The molecule has 0 N–H and O–H groups in total. The van der Waals surface area contributed by atoms with E-state index in [0.29, 0.717) is 69.1 Å². The second kappa shape index (κ2) is 12.8. The molecule has 42 heavy (non-hydrogen) atoms. The zero-order valence-corrected chi connectivity index (χ0v) is 25.5. The standard InChI is InChI=1S/C30H39ClN6O5/c1-20-17-22(18-32-27(20)41-14-8-21-5-9-36(10-6-21)29(39)42-30(2,3)4)25-23-7-11-37(26(23)34-28(31)33-25)19-24(38)35-12-15-40-16-13-35/h7,11,17-18,21H,5-6,8-10,12-16,19H2,1-4H3. The SMILES string of the molecule is Cc1cc(-c2nc(Cl)nc3c2ccn3CC(=O)N2CCOCC2)cnc1OCCC1CCN(C(=O)OC(C)(C)C)CC1. The number of carbonyl (C=O) groups excluding carboxylic acids is 2. The summed E-state index contributed by atoms with van der Waals surface area (Å²) in [6.07, 6.45) is 6.08. The van der Waals surface area contributed by atoms with Crippen molar-refractivity contribution < 1.29 is 23.8 Å². The summed E-state index contributed by atoms with van der Waals surface area (Å²) in [7, 11) is 0. The van der Waals surface area contributed by atoms with Crippen molar-refractivity contribution in [1.29, 1.82) is 0 Å². The molecule has 5 rings (SSSR count). The molecule has 0 saturated carbocycles. The van der Waals surface area contributed by atoms with E-state index < -0.39 is 5.60 Å². The molecular weight excluding hydrogens is 560 g/mol. The Kier molecular flexibility index (Phi) is 9.17. The van der Waals surface area contributed by atoms with Crippen LogP contribution in [-0.2, 0) is 20.8 Å². The van der Waals surface area contributed by atoms with E-state index in [4.69, 9.17) is 25.8 Å². The van der Waals surface area contributed by atoms with Gasteiger partial charge in [-0.2, -0.15) is 4.98 Å². The van der Waals surface area contributed by atoms with Crippen LogP contribution in [-0.4, -0.2) is 92.9 Å². The summed E-state index contributed by atoms with van der Waals surface area (Å²) in [4.78, 5) is 42.2. The minimum Gasteiger partial charge on any atom is -0.477 e. The van der Waals surface area contributed by atoms with Crippen molar-refractivity contribution in [3.8, 4) is 17.1 Å². The minimum absolute atomic E-state index is 0.0136. The van der Waals surface area contributed by atoms with Gasteiger partial charge in [0.1, 0.15) is 17.8 Å². The third-order valence-electron chi connectivity index (χ3n) is 7.60. The van der Waals surface area contributed by atoms with Gasteiger partial charge in [0.2, 0.25) is 17.1 Å². The van der Waals surface area contributed by atoms with Crippen molar-refractivity contribution in [3.05, 3.63) is 35.4 Å². The Labute approximate surface area is 251 Å². The fourth-order valence-electron chi connectivity index (χ4n) is 5.34. The predicted octanol–water partition coefficient (Wildman–Crippen LogP) is 4.73. The Morgan fingerprint density at radius 2 is 1.83 bits per heavy atom. The molecule has 2 aliphatic rings. The number of pyridine rings is 1. The maximum absolute atomic E-state index is 12.8. The molecule has 2 aliphatic heterocycles. The van der Waals surface area contributed by atoms with E-state index in [1.807, 2.05) is 46.0 Å². The number of hydrogen-bond acceptors (Lipinski definition) is 8. The number of likely N-dealkylation sites (tertiary alicyclic amines) is 1. The average molecular weight is 599 g/mol. The second-order valence-electron chi connectivity index (χ2n) is 11.9. The van der Waals surface area contributed by atoms with Crippen molar-refractivity contribution in [1.82, 2.24) is 29.3 Å². The van der Waals surface area contributed by atoms with Crippen LogP contribution in [0.25, 0.3) is 22.3 Å². The van der Waals surface area contributed by atoms with Crippen LogP contribution in [0.2, 0.25) is 5.28 Å². The lowest BCUT2D eigenvalue weighted by Gasteiger charge is -2.33. The number of aromatic nitrogens is 4. The Morgan fingerprint density at radius 1 is 1.10 bits per heavy atom. The van der Waals surface area contributed by atoms with E-state index in [1.165, 1.54) is 0 Å². The van der Waals surface area contributed by atoms with Gasteiger partial charge in [-0.15, -0.1) is 0 Å². The molecule has 0 radical (unpaired) electrons. The summed E-state index contributed by atoms with van der Waals surface area (Å²) in [5.74, 6) is 1.08. The van der Waals surface area contributed by atoms with Gasteiger partial charge in [-0.3, -0.25) is 4.79 Å². The fourth-order valence-corrected chi connectivity index (χ4v) is 5.51. The first-order chi connectivity index (χ1) is 20.1. The van der Waals surface area contributed by atoms with Crippen molar-refractivity contribution in [2.75, 3.05) is 46.0 Å². The highest BCUT2D eigenvalue weighted by Crippen LogP contribution is 2.30. The molecule has 0 aliphatic carbocycles. The molecule has 11 nitrogen and oxygen atoms in total. The van der Waals surface area contributed by atoms with Crippen LogP contribution in [0, 0.1) is 12.8 Å². The molecule has 0 spiro atoms. The van der Waals surface area contributed by atoms with E-state index in [9.17, 15) is 9.59 Å². The summed E-state index contributed by atoms with van der Waals surface area (Å²) in [6, 6.07) is 3.89. The molecule has 226 valence electrons. The lowest BCUT2D eigenvalue weighted by molar-refractivity contribution is -0.135. The van der Waals surface area contributed by atoms with Crippen LogP contribution in [0.5, 0.6) is 5.88 Å².